The molecule has 1 fully saturated rings. The molecule has 3 nitrogen and oxygen atoms in total. The number of fused-ring (bicyclic) bond motifs is 1. The molecule has 0 aromatic carbocycles. The summed E-state index contributed by atoms with van der Waals surface area (Å²) in [7, 11) is 0. The van der Waals surface area contributed by atoms with Gasteiger partial charge in [0.2, 0.25) is 0 Å². The molecule has 78 valence electrons. The molecule has 1 atom stereocenters. The number of nitrogens with one attached hydrogen (secondary N) is 2. The summed E-state index contributed by atoms with van der Waals surface area (Å²) in [5, 5.41) is 3.54. The highest BCUT2D eigenvalue weighted by Gasteiger charge is 2.15. The van der Waals surface area contributed by atoms with Crippen LogP contribution in [0.3, 0.4) is 0 Å². The summed E-state index contributed by atoms with van der Waals surface area (Å²) in [6, 6.07) is 4.72. The summed E-state index contributed by atoms with van der Waals surface area (Å²) < 4.78 is 0. The average molecular weight is 201 g/mol. The minimum Gasteiger partial charge on any atom is -0.360 e. The van der Waals surface area contributed by atoms with Crippen LogP contribution in [-0.4, -0.2) is 16.5 Å². The molecule has 0 spiro atoms. The minimum absolute atomic E-state index is 0.499. The van der Waals surface area contributed by atoms with Crippen LogP contribution >= 0.6 is 0 Å². The standard InChI is InChI=1S/C12H15N3/c1-2-5-13-10(3-1)9-7-12-11(15-8-9)4-6-14-12/h4,6-8,10,13-14H,1-3,5H2. The molecule has 0 amide bonds. The van der Waals surface area contributed by atoms with E-state index in [1.54, 1.807) is 0 Å². The summed E-state index contributed by atoms with van der Waals surface area (Å²) in [4.78, 5) is 7.65. The molecule has 0 aliphatic carbocycles. The molecule has 3 rings (SSSR count). The van der Waals surface area contributed by atoms with Gasteiger partial charge in [-0.2, -0.15) is 0 Å². The van der Waals surface area contributed by atoms with Gasteiger partial charge in [0.15, 0.2) is 0 Å². The monoisotopic (exact) mass is 201 g/mol. The normalized spacial score (nSPS) is 22.0. The highest BCUT2D eigenvalue weighted by atomic mass is 14.9. The van der Waals surface area contributed by atoms with E-state index in [2.05, 4.69) is 21.4 Å². The summed E-state index contributed by atoms with van der Waals surface area (Å²) in [5.74, 6) is 0. The van der Waals surface area contributed by atoms with Crippen molar-refractivity contribution in [2.75, 3.05) is 6.54 Å². The van der Waals surface area contributed by atoms with Gasteiger partial charge in [-0.15, -0.1) is 0 Å². The van der Waals surface area contributed by atoms with Crippen molar-refractivity contribution in [2.24, 2.45) is 0 Å². The fraction of sp³-hybridized carbons (Fsp3) is 0.417. The Kier molecular flexibility index (Phi) is 2.18. The Morgan fingerprint density at radius 2 is 2.33 bits per heavy atom. The fourth-order valence-corrected chi connectivity index (χ4v) is 2.28. The second kappa shape index (κ2) is 3.66. The lowest BCUT2D eigenvalue weighted by Gasteiger charge is -2.23. The first-order chi connectivity index (χ1) is 7.43. The number of piperidine rings is 1. The highest BCUT2D eigenvalue weighted by Crippen LogP contribution is 2.24. The third kappa shape index (κ3) is 1.63. The predicted octanol–water partition coefficient (Wildman–Crippen LogP) is 2.38. The van der Waals surface area contributed by atoms with Gasteiger partial charge in [0.25, 0.3) is 0 Å². The molecule has 0 saturated carbocycles. The van der Waals surface area contributed by atoms with E-state index < -0.39 is 0 Å². The van der Waals surface area contributed by atoms with Crippen molar-refractivity contribution in [1.82, 2.24) is 15.3 Å². The van der Waals surface area contributed by atoms with Crippen molar-refractivity contribution in [3.05, 3.63) is 30.1 Å². The van der Waals surface area contributed by atoms with Crippen LogP contribution in [0.4, 0.5) is 0 Å². The van der Waals surface area contributed by atoms with Gasteiger partial charge in [0, 0.05) is 18.4 Å². The third-order valence-corrected chi connectivity index (χ3v) is 3.13. The van der Waals surface area contributed by atoms with Crippen molar-refractivity contribution in [2.45, 2.75) is 25.3 Å². The van der Waals surface area contributed by atoms with Gasteiger partial charge < -0.3 is 10.3 Å². The molecular formula is C12H15N3. The van der Waals surface area contributed by atoms with Crippen LogP contribution in [-0.2, 0) is 0 Å². The predicted molar refractivity (Wildman–Crippen MR) is 60.7 cm³/mol. The molecular weight excluding hydrogens is 186 g/mol. The van der Waals surface area contributed by atoms with Gasteiger partial charge in [-0.25, -0.2) is 0 Å². The number of pyridine rings is 1. The van der Waals surface area contributed by atoms with Gasteiger partial charge in [-0.05, 0) is 37.1 Å². The highest BCUT2D eigenvalue weighted by molar-refractivity contribution is 5.75. The van der Waals surface area contributed by atoms with Crippen molar-refractivity contribution in [3.63, 3.8) is 0 Å². The first-order valence-corrected chi connectivity index (χ1v) is 5.60. The zero-order valence-corrected chi connectivity index (χ0v) is 8.66. The quantitative estimate of drug-likeness (QED) is 0.743. The van der Waals surface area contributed by atoms with Crippen LogP contribution in [0.2, 0.25) is 0 Å². The molecule has 3 heteroatoms. The number of aromatic amines is 1. The Bertz CT molecular complexity index is 455. The van der Waals surface area contributed by atoms with E-state index in [-0.39, 0.29) is 0 Å². The molecule has 3 heterocycles. The molecule has 1 saturated heterocycles. The maximum absolute atomic E-state index is 4.45. The molecule has 2 aromatic heterocycles. The first-order valence-electron chi connectivity index (χ1n) is 5.60. The SMILES string of the molecule is c1cc2ncc(C3CCCCN3)cc2[nH]1. The van der Waals surface area contributed by atoms with Crippen LogP contribution in [0.5, 0.6) is 0 Å². The summed E-state index contributed by atoms with van der Waals surface area (Å²) in [6.07, 6.45) is 7.79. The summed E-state index contributed by atoms with van der Waals surface area (Å²) in [6.45, 7) is 1.13. The minimum atomic E-state index is 0.499. The maximum Gasteiger partial charge on any atom is 0.0878 e. The number of nitrogens with zero attached hydrogens (tertiary/aromatic N) is 1. The zero-order chi connectivity index (χ0) is 10.1. The number of H-pyrrole nitrogens is 1. The van der Waals surface area contributed by atoms with Crippen molar-refractivity contribution < 1.29 is 0 Å². The summed E-state index contributed by atoms with van der Waals surface area (Å²) in [5.41, 5.74) is 3.50. The smallest absolute Gasteiger partial charge is 0.0878 e. The van der Waals surface area contributed by atoms with Gasteiger partial charge >= 0.3 is 0 Å². The van der Waals surface area contributed by atoms with E-state index in [9.17, 15) is 0 Å². The Balaban J connectivity index is 1.95. The van der Waals surface area contributed by atoms with E-state index in [1.165, 1.54) is 24.8 Å². The number of rotatable bonds is 1. The lowest BCUT2D eigenvalue weighted by Crippen LogP contribution is -2.26. The first kappa shape index (κ1) is 8.92. The number of hydrogen-bond donors (Lipinski definition) is 2. The second-order valence-electron chi connectivity index (χ2n) is 4.18. The molecule has 0 bridgehead atoms. The van der Waals surface area contributed by atoms with E-state index in [0.29, 0.717) is 6.04 Å². The average Bonchev–Trinajstić information content (AvgIpc) is 2.77. The second-order valence-corrected chi connectivity index (χ2v) is 4.18. The Morgan fingerprint density at radius 1 is 1.33 bits per heavy atom. The van der Waals surface area contributed by atoms with Crippen molar-refractivity contribution in [3.8, 4) is 0 Å². The van der Waals surface area contributed by atoms with Gasteiger partial charge in [0.05, 0.1) is 11.0 Å². The molecule has 0 radical (unpaired) electrons. The van der Waals surface area contributed by atoms with Crippen LogP contribution in [0, 0.1) is 0 Å². The van der Waals surface area contributed by atoms with Crippen LogP contribution in [0.1, 0.15) is 30.9 Å². The zero-order valence-electron chi connectivity index (χ0n) is 8.66. The lowest BCUT2D eigenvalue weighted by atomic mass is 9.99. The van der Waals surface area contributed by atoms with Gasteiger partial charge in [-0.3, -0.25) is 4.98 Å². The molecule has 2 aromatic rings. The van der Waals surface area contributed by atoms with Crippen molar-refractivity contribution >= 4 is 11.0 Å². The van der Waals surface area contributed by atoms with E-state index in [4.69, 9.17) is 0 Å². The molecule has 1 aliphatic heterocycles. The van der Waals surface area contributed by atoms with Gasteiger partial charge in [-0.1, -0.05) is 6.42 Å². The molecule has 1 unspecified atom stereocenters. The fourth-order valence-electron chi connectivity index (χ4n) is 2.28. The van der Waals surface area contributed by atoms with Crippen LogP contribution in [0.15, 0.2) is 24.5 Å². The Hall–Kier alpha value is -1.35. The van der Waals surface area contributed by atoms with Crippen LogP contribution in [0.25, 0.3) is 11.0 Å². The number of hydrogen-bond acceptors (Lipinski definition) is 2. The topological polar surface area (TPSA) is 40.7 Å². The molecule has 2 N–H and O–H groups in total. The van der Waals surface area contributed by atoms with E-state index in [1.807, 2.05) is 18.5 Å². The van der Waals surface area contributed by atoms with E-state index in [0.717, 1.165) is 17.6 Å². The Morgan fingerprint density at radius 3 is 3.20 bits per heavy atom. The molecule has 15 heavy (non-hydrogen) atoms. The maximum atomic E-state index is 4.45. The number of aromatic nitrogens is 2. The van der Waals surface area contributed by atoms with E-state index >= 15 is 0 Å². The van der Waals surface area contributed by atoms with Gasteiger partial charge in [0.1, 0.15) is 0 Å². The lowest BCUT2D eigenvalue weighted by molar-refractivity contribution is 0.412. The van der Waals surface area contributed by atoms with Crippen LogP contribution < -0.4 is 5.32 Å². The summed E-state index contributed by atoms with van der Waals surface area (Å²) >= 11 is 0. The largest absolute Gasteiger partial charge is 0.360 e. The molecule has 1 aliphatic rings. The Labute approximate surface area is 88.9 Å². The van der Waals surface area contributed by atoms with Crippen molar-refractivity contribution in [1.29, 1.82) is 0 Å². The third-order valence-electron chi connectivity index (χ3n) is 3.13.